The highest BCUT2D eigenvalue weighted by Gasteiger charge is 1.88. The first-order valence-electron chi connectivity index (χ1n) is 2.28. The van der Waals surface area contributed by atoms with Gasteiger partial charge in [-0.25, -0.2) is 4.99 Å². The van der Waals surface area contributed by atoms with Crippen LogP contribution in [0.5, 0.6) is 0 Å². The molecule has 0 aliphatic rings. The SMILES string of the molecule is C=NC(=NC(=C)F)NC. The highest BCUT2D eigenvalue weighted by molar-refractivity contribution is 5.84. The lowest BCUT2D eigenvalue weighted by Crippen LogP contribution is -2.14. The van der Waals surface area contributed by atoms with Crippen LogP contribution in [0.15, 0.2) is 22.5 Å². The minimum atomic E-state index is -0.785. The summed E-state index contributed by atoms with van der Waals surface area (Å²) < 4.78 is 11.8. The standard InChI is InChI=1S/C5H8FN3/c1-4(6)9-5(7-2)8-3/h1-2H2,3H3,(H,8,9). The second-order valence-electron chi connectivity index (χ2n) is 1.22. The van der Waals surface area contributed by atoms with E-state index in [1.807, 2.05) is 0 Å². The number of guanidine groups is 1. The van der Waals surface area contributed by atoms with Gasteiger partial charge in [-0.1, -0.05) is 0 Å². The Morgan fingerprint density at radius 1 is 1.67 bits per heavy atom. The van der Waals surface area contributed by atoms with E-state index in [4.69, 9.17) is 0 Å². The van der Waals surface area contributed by atoms with Gasteiger partial charge in [-0.2, -0.15) is 9.38 Å². The molecule has 0 aromatic rings. The summed E-state index contributed by atoms with van der Waals surface area (Å²) in [6, 6.07) is 0. The first-order chi connectivity index (χ1) is 4.20. The van der Waals surface area contributed by atoms with Crippen LogP contribution in [0.1, 0.15) is 0 Å². The number of rotatable bonds is 1. The molecular formula is C5H8FN3. The Hall–Kier alpha value is -1.19. The molecule has 0 rings (SSSR count). The van der Waals surface area contributed by atoms with Gasteiger partial charge in [-0.3, -0.25) is 0 Å². The quantitative estimate of drug-likeness (QED) is 0.316. The average Bonchev–Trinajstić information content (AvgIpc) is 1.82. The molecule has 0 aromatic carbocycles. The number of hydrogen-bond donors (Lipinski definition) is 1. The molecule has 0 saturated heterocycles. The van der Waals surface area contributed by atoms with E-state index in [0.29, 0.717) is 0 Å². The van der Waals surface area contributed by atoms with Crippen molar-refractivity contribution in [1.29, 1.82) is 0 Å². The van der Waals surface area contributed by atoms with Crippen LogP contribution in [0.2, 0.25) is 0 Å². The van der Waals surface area contributed by atoms with Crippen LogP contribution < -0.4 is 5.32 Å². The molecule has 9 heavy (non-hydrogen) atoms. The monoisotopic (exact) mass is 129 g/mol. The van der Waals surface area contributed by atoms with Crippen LogP contribution >= 0.6 is 0 Å². The summed E-state index contributed by atoms with van der Waals surface area (Å²) in [5, 5.41) is 2.50. The zero-order valence-electron chi connectivity index (χ0n) is 5.19. The molecule has 0 atom stereocenters. The summed E-state index contributed by atoms with van der Waals surface area (Å²) in [4.78, 5) is 6.56. The number of aliphatic imine (C=N–C) groups is 2. The predicted octanol–water partition coefficient (Wildman–Crippen LogP) is 0.703. The molecule has 4 heteroatoms. The fourth-order valence-electron chi connectivity index (χ4n) is 0.285. The van der Waals surface area contributed by atoms with Crippen LogP contribution in [-0.2, 0) is 0 Å². The van der Waals surface area contributed by atoms with Gasteiger partial charge in [0.2, 0.25) is 11.9 Å². The van der Waals surface area contributed by atoms with Gasteiger partial charge in [0.15, 0.2) is 0 Å². The molecule has 3 nitrogen and oxygen atoms in total. The van der Waals surface area contributed by atoms with Crippen LogP contribution in [0, 0.1) is 0 Å². The Labute approximate surface area is 53.0 Å². The minimum Gasteiger partial charge on any atom is -0.357 e. The van der Waals surface area contributed by atoms with Crippen molar-refractivity contribution in [3.63, 3.8) is 0 Å². The van der Waals surface area contributed by atoms with Crippen molar-refractivity contribution in [2.24, 2.45) is 9.98 Å². The van der Waals surface area contributed by atoms with Crippen molar-refractivity contribution in [3.05, 3.63) is 12.5 Å². The van der Waals surface area contributed by atoms with Crippen molar-refractivity contribution >= 4 is 12.7 Å². The number of halogens is 1. The molecule has 0 fully saturated rings. The normalized spacial score (nSPS) is 10.7. The van der Waals surface area contributed by atoms with Crippen molar-refractivity contribution in [2.75, 3.05) is 7.05 Å². The van der Waals surface area contributed by atoms with E-state index in [0.717, 1.165) is 0 Å². The lowest BCUT2D eigenvalue weighted by molar-refractivity contribution is 0.631. The zero-order valence-corrected chi connectivity index (χ0v) is 5.19. The smallest absolute Gasteiger partial charge is 0.224 e. The molecule has 0 saturated carbocycles. The van der Waals surface area contributed by atoms with Crippen LogP contribution in [0.3, 0.4) is 0 Å². The van der Waals surface area contributed by atoms with Gasteiger partial charge in [-0.15, -0.1) is 0 Å². The summed E-state index contributed by atoms with van der Waals surface area (Å²) in [5.74, 6) is -0.658. The van der Waals surface area contributed by atoms with Gasteiger partial charge in [0.05, 0.1) is 0 Å². The maximum atomic E-state index is 11.8. The van der Waals surface area contributed by atoms with E-state index in [-0.39, 0.29) is 5.96 Å². The first kappa shape index (κ1) is 7.81. The third-order valence-corrected chi connectivity index (χ3v) is 0.601. The van der Waals surface area contributed by atoms with Gasteiger partial charge in [0.1, 0.15) is 0 Å². The molecule has 0 amide bonds. The summed E-state index contributed by atoms with van der Waals surface area (Å²) in [7, 11) is 1.57. The van der Waals surface area contributed by atoms with E-state index in [9.17, 15) is 4.39 Å². The van der Waals surface area contributed by atoms with E-state index < -0.39 is 5.95 Å². The fourth-order valence-corrected chi connectivity index (χ4v) is 0.285. The largest absolute Gasteiger partial charge is 0.357 e. The second-order valence-corrected chi connectivity index (χ2v) is 1.22. The third-order valence-electron chi connectivity index (χ3n) is 0.601. The first-order valence-corrected chi connectivity index (χ1v) is 2.28. The molecule has 0 bridgehead atoms. The van der Waals surface area contributed by atoms with Crippen molar-refractivity contribution < 1.29 is 4.39 Å². The van der Waals surface area contributed by atoms with E-state index in [1.54, 1.807) is 7.05 Å². The summed E-state index contributed by atoms with van der Waals surface area (Å²) in [5.41, 5.74) is 0. The lowest BCUT2D eigenvalue weighted by atomic mass is 10.9. The number of nitrogens with one attached hydrogen (secondary N) is 1. The maximum Gasteiger partial charge on any atom is 0.224 e. The molecule has 50 valence electrons. The van der Waals surface area contributed by atoms with Crippen molar-refractivity contribution in [1.82, 2.24) is 5.32 Å². The van der Waals surface area contributed by atoms with Gasteiger partial charge in [0, 0.05) is 7.05 Å². The van der Waals surface area contributed by atoms with E-state index in [1.165, 1.54) is 0 Å². The van der Waals surface area contributed by atoms with Crippen LogP contribution in [0.4, 0.5) is 4.39 Å². The molecule has 1 N–H and O–H groups in total. The summed E-state index contributed by atoms with van der Waals surface area (Å²) in [6.07, 6.45) is 0. The Kier molecular flexibility index (Phi) is 3.27. The lowest BCUT2D eigenvalue weighted by Gasteiger charge is -1.93. The van der Waals surface area contributed by atoms with Crippen LogP contribution in [-0.4, -0.2) is 19.7 Å². The Morgan fingerprint density at radius 3 is 2.33 bits per heavy atom. The molecule has 0 spiro atoms. The highest BCUT2D eigenvalue weighted by atomic mass is 19.1. The van der Waals surface area contributed by atoms with E-state index >= 15 is 0 Å². The topological polar surface area (TPSA) is 36.8 Å². The minimum absolute atomic E-state index is 0.127. The number of hydrogen-bond acceptors (Lipinski definition) is 1. The molecular weight excluding hydrogens is 121 g/mol. The van der Waals surface area contributed by atoms with Crippen LogP contribution in [0.25, 0.3) is 0 Å². The summed E-state index contributed by atoms with van der Waals surface area (Å²) >= 11 is 0. The average molecular weight is 129 g/mol. The Morgan fingerprint density at radius 2 is 2.22 bits per heavy atom. The van der Waals surface area contributed by atoms with Gasteiger partial charge in [0.25, 0.3) is 0 Å². The second kappa shape index (κ2) is 3.77. The molecule has 0 unspecified atom stereocenters. The van der Waals surface area contributed by atoms with Gasteiger partial charge >= 0.3 is 0 Å². The Bertz CT molecular complexity index is 150. The predicted molar refractivity (Wildman–Crippen MR) is 36.3 cm³/mol. The molecule has 0 aliphatic heterocycles. The molecule has 0 heterocycles. The molecule has 0 aliphatic carbocycles. The fraction of sp³-hybridized carbons (Fsp3) is 0.200. The summed E-state index contributed by atoms with van der Waals surface area (Å²) in [6.45, 7) is 6.04. The molecule has 0 aromatic heterocycles. The van der Waals surface area contributed by atoms with Crippen molar-refractivity contribution in [3.8, 4) is 0 Å². The van der Waals surface area contributed by atoms with E-state index in [2.05, 4.69) is 28.6 Å². The molecule has 0 radical (unpaired) electrons. The van der Waals surface area contributed by atoms with Gasteiger partial charge < -0.3 is 5.32 Å². The highest BCUT2D eigenvalue weighted by Crippen LogP contribution is 1.91. The third kappa shape index (κ3) is 3.40. The van der Waals surface area contributed by atoms with Crippen molar-refractivity contribution in [2.45, 2.75) is 0 Å². The van der Waals surface area contributed by atoms with Gasteiger partial charge in [-0.05, 0) is 13.3 Å². The number of nitrogens with zero attached hydrogens (tertiary/aromatic N) is 2. The maximum absolute atomic E-state index is 11.8. The zero-order chi connectivity index (χ0) is 7.28. The Balaban J connectivity index is 4.07.